The van der Waals surface area contributed by atoms with Gasteiger partial charge in [0.2, 0.25) is 0 Å². The molecule has 2 saturated heterocycles. The highest BCUT2D eigenvalue weighted by Gasteiger charge is 2.42. The number of benzene rings is 1. The molecule has 1 unspecified atom stereocenters. The van der Waals surface area contributed by atoms with E-state index < -0.39 is 0 Å². The Kier molecular flexibility index (Phi) is 5.04. The van der Waals surface area contributed by atoms with E-state index in [1.54, 1.807) is 6.07 Å². The van der Waals surface area contributed by atoms with E-state index in [0.717, 1.165) is 45.6 Å². The zero-order chi connectivity index (χ0) is 18.9. The fourth-order valence-electron chi connectivity index (χ4n) is 4.87. The van der Waals surface area contributed by atoms with E-state index in [1.807, 2.05) is 11.8 Å². The van der Waals surface area contributed by atoms with Crippen LogP contribution >= 0.6 is 0 Å². The number of rotatable bonds is 3. The van der Waals surface area contributed by atoms with Crippen LogP contribution in [0.5, 0.6) is 0 Å². The lowest BCUT2D eigenvalue weighted by atomic mass is 9.68. The largest absolute Gasteiger partial charge is 0.361 e. The molecule has 0 aliphatic carbocycles. The minimum Gasteiger partial charge on any atom is -0.361 e. The van der Waals surface area contributed by atoms with Crippen molar-refractivity contribution >= 4 is 5.91 Å². The third kappa shape index (κ3) is 3.79. The Morgan fingerprint density at radius 2 is 2.00 bits per heavy atom. The second-order valence-corrected chi connectivity index (χ2v) is 8.25. The second-order valence-electron chi connectivity index (χ2n) is 8.25. The summed E-state index contributed by atoms with van der Waals surface area (Å²) >= 11 is 0. The summed E-state index contributed by atoms with van der Waals surface area (Å²) in [6, 6.07) is 12.7. The molecule has 1 spiro atoms. The molecule has 5 nitrogen and oxygen atoms in total. The Bertz CT molecular complexity index is 778. The Balaban J connectivity index is 1.46. The molecule has 0 radical (unpaired) electrons. The number of hydrogen-bond donors (Lipinski definition) is 0. The molecule has 2 aliphatic heterocycles. The molecule has 0 N–H and O–H groups in total. The van der Waals surface area contributed by atoms with Gasteiger partial charge in [-0.15, -0.1) is 0 Å². The van der Waals surface area contributed by atoms with Crippen LogP contribution in [0.25, 0.3) is 0 Å². The number of amides is 1. The lowest BCUT2D eigenvalue weighted by Gasteiger charge is -2.50. The predicted molar refractivity (Wildman–Crippen MR) is 105 cm³/mol. The Morgan fingerprint density at radius 1 is 1.26 bits per heavy atom. The Labute approximate surface area is 161 Å². The third-order valence-electron chi connectivity index (χ3n) is 6.39. The Morgan fingerprint density at radius 3 is 2.63 bits per heavy atom. The average Bonchev–Trinajstić information content (AvgIpc) is 3.15. The molecule has 5 heteroatoms. The van der Waals surface area contributed by atoms with Crippen LogP contribution in [-0.2, 0) is 0 Å². The van der Waals surface area contributed by atoms with Crippen LogP contribution in [0, 0.1) is 12.3 Å². The molecule has 0 bridgehead atoms. The van der Waals surface area contributed by atoms with Gasteiger partial charge in [0.25, 0.3) is 5.91 Å². The van der Waals surface area contributed by atoms with Crippen molar-refractivity contribution in [2.24, 2.45) is 5.41 Å². The molecule has 2 aliphatic rings. The van der Waals surface area contributed by atoms with Gasteiger partial charge in [-0.05, 0) is 49.6 Å². The number of likely N-dealkylation sites (tertiary alicyclic amines) is 2. The van der Waals surface area contributed by atoms with Crippen molar-refractivity contribution in [1.29, 1.82) is 0 Å². The van der Waals surface area contributed by atoms with Gasteiger partial charge in [0, 0.05) is 32.2 Å². The Hall–Kier alpha value is -2.14. The minimum absolute atomic E-state index is 0.00414. The first-order valence-electron chi connectivity index (χ1n) is 10.1. The van der Waals surface area contributed by atoms with Crippen molar-refractivity contribution in [3.05, 3.63) is 53.4 Å². The minimum atomic E-state index is 0.00414. The first-order chi connectivity index (χ1) is 13.1. The summed E-state index contributed by atoms with van der Waals surface area (Å²) in [6.07, 6.45) is 3.35. The van der Waals surface area contributed by atoms with Gasteiger partial charge >= 0.3 is 0 Å². The molecular formula is C22H29N3O2. The zero-order valence-corrected chi connectivity index (χ0v) is 16.4. The van der Waals surface area contributed by atoms with Gasteiger partial charge < -0.3 is 14.3 Å². The van der Waals surface area contributed by atoms with Gasteiger partial charge in [0.15, 0.2) is 5.69 Å². The number of carbonyl (C=O) groups excluding carboxylic acids is 1. The van der Waals surface area contributed by atoms with Crippen LogP contribution in [-0.4, -0.2) is 53.6 Å². The standard InChI is InChI=1S/C22H29N3O2/c1-3-24-15-19(18-7-5-4-6-8-18)14-22(16-24)9-11-25(12-10-22)21(26)20-13-17(2)27-23-20/h4-8,13,19H,3,9-12,14-16H2,1-2H3. The first-order valence-corrected chi connectivity index (χ1v) is 10.1. The summed E-state index contributed by atoms with van der Waals surface area (Å²) in [6.45, 7) is 9.08. The fourth-order valence-corrected chi connectivity index (χ4v) is 4.87. The first kappa shape index (κ1) is 18.2. The normalized spacial score (nSPS) is 22.9. The van der Waals surface area contributed by atoms with E-state index in [4.69, 9.17) is 4.52 Å². The molecular weight excluding hydrogens is 338 g/mol. The summed E-state index contributed by atoms with van der Waals surface area (Å²) in [7, 11) is 0. The summed E-state index contributed by atoms with van der Waals surface area (Å²) in [5.41, 5.74) is 2.20. The van der Waals surface area contributed by atoms with Gasteiger partial charge in [-0.25, -0.2) is 0 Å². The maximum absolute atomic E-state index is 12.7. The number of piperidine rings is 2. The SMILES string of the molecule is CCN1CC(c2ccccc2)CC2(CCN(C(=O)c3cc(C)on3)CC2)C1. The fraction of sp³-hybridized carbons (Fsp3) is 0.545. The lowest BCUT2D eigenvalue weighted by molar-refractivity contribution is 0.0155. The number of aromatic nitrogens is 1. The molecule has 2 fully saturated rings. The molecule has 1 atom stereocenters. The van der Waals surface area contributed by atoms with E-state index in [1.165, 1.54) is 12.0 Å². The number of carbonyl (C=O) groups is 1. The molecule has 2 aromatic rings. The van der Waals surface area contributed by atoms with Crippen molar-refractivity contribution < 1.29 is 9.32 Å². The summed E-state index contributed by atoms with van der Waals surface area (Å²) in [5.74, 6) is 1.27. The van der Waals surface area contributed by atoms with Gasteiger partial charge in [-0.1, -0.05) is 42.4 Å². The van der Waals surface area contributed by atoms with Crippen LogP contribution in [0.3, 0.4) is 0 Å². The van der Waals surface area contributed by atoms with E-state index in [0.29, 0.717) is 22.8 Å². The highest BCUT2D eigenvalue weighted by atomic mass is 16.5. The molecule has 144 valence electrons. The molecule has 0 saturated carbocycles. The molecule has 4 rings (SSSR count). The third-order valence-corrected chi connectivity index (χ3v) is 6.39. The van der Waals surface area contributed by atoms with Gasteiger partial charge in [-0.2, -0.15) is 0 Å². The van der Waals surface area contributed by atoms with E-state index in [2.05, 4.69) is 47.3 Å². The van der Waals surface area contributed by atoms with Crippen LogP contribution in [0.15, 0.2) is 40.9 Å². The van der Waals surface area contributed by atoms with Gasteiger partial charge in [0.1, 0.15) is 5.76 Å². The molecule has 3 heterocycles. The average molecular weight is 367 g/mol. The van der Waals surface area contributed by atoms with Crippen molar-refractivity contribution in [3.63, 3.8) is 0 Å². The quantitative estimate of drug-likeness (QED) is 0.830. The van der Waals surface area contributed by atoms with Crippen LogP contribution < -0.4 is 0 Å². The molecule has 1 amide bonds. The number of hydrogen-bond acceptors (Lipinski definition) is 4. The zero-order valence-electron chi connectivity index (χ0n) is 16.4. The summed E-state index contributed by atoms with van der Waals surface area (Å²) in [5, 5.41) is 3.90. The topological polar surface area (TPSA) is 49.6 Å². The second kappa shape index (κ2) is 7.47. The summed E-state index contributed by atoms with van der Waals surface area (Å²) in [4.78, 5) is 17.2. The lowest BCUT2D eigenvalue weighted by Crippen LogP contribution is -2.52. The maximum Gasteiger partial charge on any atom is 0.276 e. The number of aryl methyl sites for hydroxylation is 1. The van der Waals surface area contributed by atoms with Crippen molar-refractivity contribution in [2.45, 2.75) is 39.0 Å². The monoisotopic (exact) mass is 367 g/mol. The van der Waals surface area contributed by atoms with E-state index in [-0.39, 0.29) is 5.91 Å². The molecule has 1 aromatic carbocycles. The van der Waals surface area contributed by atoms with Crippen molar-refractivity contribution in [3.8, 4) is 0 Å². The van der Waals surface area contributed by atoms with Crippen LogP contribution in [0.2, 0.25) is 0 Å². The van der Waals surface area contributed by atoms with Gasteiger partial charge in [0.05, 0.1) is 0 Å². The molecule has 1 aromatic heterocycles. The number of nitrogens with zero attached hydrogens (tertiary/aromatic N) is 3. The smallest absolute Gasteiger partial charge is 0.276 e. The predicted octanol–water partition coefficient (Wildman–Crippen LogP) is 3.71. The maximum atomic E-state index is 12.7. The van der Waals surface area contributed by atoms with Gasteiger partial charge in [-0.3, -0.25) is 4.79 Å². The van der Waals surface area contributed by atoms with Crippen molar-refractivity contribution in [2.75, 3.05) is 32.7 Å². The van der Waals surface area contributed by atoms with Crippen LogP contribution in [0.1, 0.15) is 53.9 Å². The van der Waals surface area contributed by atoms with Crippen molar-refractivity contribution in [1.82, 2.24) is 15.0 Å². The number of likely N-dealkylation sites (N-methyl/N-ethyl adjacent to an activating group) is 1. The highest BCUT2D eigenvalue weighted by molar-refractivity contribution is 5.92. The van der Waals surface area contributed by atoms with E-state index >= 15 is 0 Å². The van der Waals surface area contributed by atoms with E-state index in [9.17, 15) is 4.79 Å². The summed E-state index contributed by atoms with van der Waals surface area (Å²) < 4.78 is 5.07. The van der Waals surface area contributed by atoms with Crippen LogP contribution in [0.4, 0.5) is 0 Å². The highest BCUT2D eigenvalue weighted by Crippen LogP contribution is 2.45. The molecule has 27 heavy (non-hydrogen) atoms.